The maximum Gasteiger partial charge on any atom is 0.161 e. The summed E-state index contributed by atoms with van der Waals surface area (Å²) in [7, 11) is 0. The number of rotatable bonds is 4. The molecule has 3 heterocycles. The van der Waals surface area contributed by atoms with Crippen LogP contribution in [0, 0.1) is 17.2 Å². The molecule has 2 saturated heterocycles. The molecule has 0 spiro atoms. The van der Waals surface area contributed by atoms with E-state index in [1.807, 2.05) is 30.3 Å². The molecule has 0 saturated carbocycles. The van der Waals surface area contributed by atoms with Crippen LogP contribution in [-0.2, 0) is 0 Å². The van der Waals surface area contributed by atoms with Gasteiger partial charge in [-0.2, -0.15) is 5.26 Å². The fourth-order valence-electron chi connectivity index (χ4n) is 5.19. The van der Waals surface area contributed by atoms with E-state index < -0.39 is 0 Å². The number of benzene rings is 2. The lowest BCUT2D eigenvalue weighted by Gasteiger charge is -2.38. The van der Waals surface area contributed by atoms with Crippen LogP contribution < -0.4 is 14.4 Å². The lowest BCUT2D eigenvalue weighted by atomic mass is 9.96. The number of nitriles is 1. The molecule has 2 aromatic rings. The smallest absolute Gasteiger partial charge is 0.161 e. The molecule has 2 aromatic carbocycles. The predicted octanol–water partition coefficient (Wildman–Crippen LogP) is 3.28. The Morgan fingerprint density at radius 2 is 1.81 bits per heavy atom. The number of piperidine rings is 1. The largest absolute Gasteiger partial charge is 0.486 e. The van der Waals surface area contributed by atoms with Gasteiger partial charge in [-0.3, -0.25) is 4.90 Å². The van der Waals surface area contributed by atoms with Crippen molar-refractivity contribution in [3.63, 3.8) is 0 Å². The molecular formula is C25H29N3O3. The second kappa shape index (κ2) is 8.78. The minimum absolute atomic E-state index is 0.299. The molecule has 6 nitrogen and oxygen atoms in total. The minimum atomic E-state index is 0.299. The van der Waals surface area contributed by atoms with Crippen molar-refractivity contribution in [1.29, 1.82) is 5.26 Å². The molecule has 0 amide bonds. The highest BCUT2D eigenvalue weighted by molar-refractivity contribution is 5.79. The van der Waals surface area contributed by atoms with Crippen molar-refractivity contribution in [2.75, 3.05) is 50.9 Å². The molecule has 1 N–H and O–H groups in total. The Bertz CT molecular complexity index is 978. The molecule has 162 valence electrons. The van der Waals surface area contributed by atoms with Crippen LogP contribution in [0.3, 0.4) is 0 Å². The van der Waals surface area contributed by atoms with Crippen LogP contribution in [0.4, 0.5) is 5.69 Å². The van der Waals surface area contributed by atoms with Crippen LogP contribution in [0.25, 0.3) is 11.1 Å². The number of aliphatic hydroxyl groups is 1. The SMILES string of the molecule is N#Cc1c(-c2ccc3c(c2)OCCO3)cccc1N1CCC(N2CCC(CO)C2)CC1. The predicted molar refractivity (Wildman–Crippen MR) is 120 cm³/mol. The van der Waals surface area contributed by atoms with Gasteiger partial charge in [-0.25, -0.2) is 0 Å². The van der Waals surface area contributed by atoms with E-state index in [4.69, 9.17) is 9.47 Å². The third-order valence-electron chi connectivity index (χ3n) is 6.90. The van der Waals surface area contributed by atoms with Gasteiger partial charge in [-0.05, 0) is 55.5 Å². The first-order valence-electron chi connectivity index (χ1n) is 11.3. The number of nitrogens with zero attached hydrogens (tertiary/aromatic N) is 3. The molecule has 0 bridgehead atoms. The lowest BCUT2D eigenvalue weighted by Crippen LogP contribution is -2.44. The zero-order chi connectivity index (χ0) is 21.2. The van der Waals surface area contributed by atoms with E-state index in [2.05, 4.69) is 21.9 Å². The fraction of sp³-hybridized carbons (Fsp3) is 0.480. The maximum absolute atomic E-state index is 10.0. The van der Waals surface area contributed by atoms with Crippen molar-refractivity contribution in [2.24, 2.45) is 5.92 Å². The second-order valence-corrected chi connectivity index (χ2v) is 8.72. The Morgan fingerprint density at radius 3 is 2.55 bits per heavy atom. The highest BCUT2D eigenvalue weighted by atomic mass is 16.6. The van der Waals surface area contributed by atoms with E-state index >= 15 is 0 Å². The third kappa shape index (κ3) is 3.96. The molecule has 0 radical (unpaired) electrons. The van der Waals surface area contributed by atoms with Gasteiger partial charge in [-0.1, -0.05) is 18.2 Å². The van der Waals surface area contributed by atoms with Crippen LogP contribution in [0.1, 0.15) is 24.8 Å². The van der Waals surface area contributed by atoms with Gasteiger partial charge in [-0.15, -0.1) is 0 Å². The quantitative estimate of drug-likeness (QED) is 0.820. The number of aliphatic hydroxyl groups excluding tert-OH is 1. The molecule has 1 unspecified atom stereocenters. The van der Waals surface area contributed by atoms with Crippen molar-refractivity contribution in [3.8, 4) is 28.7 Å². The number of hydrogen-bond donors (Lipinski definition) is 1. The fourth-order valence-corrected chi connectivity index (χ4v) is 5.19. The first-order valence-corrected chi connectivity index (χ1v) is 11.3. The van der Waals surface area contributed by atoms with Gasteiger partial charge in [0, 0.05) is 37.8 Å². The Labute approximate surface area is 183 Å². The van der Waals surface area contributed by atoms with Gasteiger partial charge in [0.05, 0.1) is 11.3 Å². The highest BCUT2D eigenvalue weighted by Gasteiger charge is 2.31. The zero-order valence-electron chi connectivity index (χ0n) is 17.8. The van der Waals surface area contributed by atoms with Crippen LogP contribution in [-0.4, -0.2) is 62.0 Å². The van der Waals surface area contributed by atoms with Crippen molar-refractivity contribution < 1.29 is 14.6 Å². The standard InChI is InChI=1S/C25H29N3O3/c26-15-22-21(19-4-5-24-25(14-19)31-13-12-30-24)2-1-3-23(22)27-10-7-20(8-11-27)28-9-6-18(16-28)17-29/h1-5,14,18,20,29H,6-13,16-17H2. The van der Waals surface area contributed by atoms with Gasteiger partial charge in [0.25, 0.3) is 0 Å². The molecule has 1 atom stereocenters. The van der Waals surface area contributed by atoms with E-state index in [-0.39, 0.29) is 0 Å². The second-order valence-electron chi connectivity index (χ2n) is 8.72. The number of fused-ring (bicyclic) bond motifs is 1. The number of hydrogen-bond acceptors (Lipinski definition) is 6. The van der Waals surface area contributed by atoms with Gasteiger partial charge in [0.2, 0.25) is 0 Å². The summed E-state index contributed by atoms with van der Waals surface area (Å²) < 4.78 is 11.4. The first kappa shape index (κ1) is 20.2. The maximum atomic E-state index is 10.0. The summed E-state index contributed by atoms with van der Waals surface area (Å²) in [6.07, 6.45) is 3.29. The minimum Gasteiger partial charge on any atom is -0.486 e. The molecule has 31 heavy (non-hydrogen) atoms. The van der Waals surface area contributed by atoms with Gasteiger partial charge < -0.3 is 19.5 Å². The van der Waals surface area contributed by atoms with Gasteiger partial charge in [0.15, 0.2) is 11.5 Å². The van der Waals surface area contributed by atoms with Crippen LogP contribution in [0.2, 0.25) is 0 Å². The van der Waals surface area contributed by atoms with Crippen LogP contribution >= 0.6 is 0 Å². The molecule has 0 aromatic heterocycles. The molecular weight excluding hydrogens is 390 g/mol. The zero-order valence-corrected chi connectivity index (χ0v) is 17.8. The summed E-state index contributed by atoms with van der Waals surface area (Å²) in [5, 5.41) is 19.5. The Hall–Kier alpha value is -2.75. The summed E-state index contributed by atoms with van der Waals surface area (Å²) in [4.78, 5) is 4.91. The van der Waals surface area contributed by atoms with Gasteiger partial charge >= 0.3 is 0 Å². The lowest BCUT2D eigenvalue weighted by molar-refractivity contribution is 0.171. The van der Waals surface area contributed by atoms with E-state index in [0.717, 1.165) is 79.3 Å². The normalized spacial score (nSPS) is 21.8. The third-order valence-corrected chi connectivity index (χ3v) is 6.90. The number of ether oxygens (including phenoxy) is 2. The summed E-state index contributed by atoms with van der Waals surface area (Å²) in [6.45, 7) is 5.43. The van der Waals surface area contributed by atoms with E-state index in [1.54, 1.807) is 0 Å². The molecule has 3 aliphatic rings. The summed E-state index contributed by atoms with van der Waals surface area (Å²) >= 11 is 0. The molecule has 6 heteroatoms. The van der Waals surface area contributed by atoms with Gasteiger partial charge in [0.1, 0.15) is 19.3 Å². The molecule has 5 rings (SSSR count). The van der Waals surface area contributed by atoms with Crippen LogP contribution in [0.5, 0.6) is 11.5 Å². The Morgan fingerprint density at radius 1 is 1.00 bits per heavy atom. The average molecular weight is 420 g/mol. The summed E-state index contributed by atoms with van der Waals surface area (Å²) in [5.41, 5.74) is 3.65. The molecule has 2 fully saturated rings. The van der Waals surface area contributed by atoms with E-state index in [0.29, 0.717) is 31.8 Å². The van der Waals surface area contributed by atoms with Crippen LogP contribution in [0.15, 0.2) is 36.4 Å². The van der Waals surface area contributed by atoms with Crippen molar-refractivity contribution in [2.45, 2.75) is 25.3 Å². The Balaban J connectivity index is 1.35. The first-order chi connectivity index (χ1) is 15.3. The molecule has 3 aliphatic heterocycles. The average Bonchev–Trinajstić information content (AvgIpc) is 3.33. The summed E-state index contributed by atoms with van der Waals surface area (Å²) in [5.74, 6) is 1.94. The van der Waals surface area contributed by atoms with Crippen molar-refractivity contribution in [3.05, 3.63) is 42.0 Å². The van der Waals surface area contributed by atoms with E-state index in [1.165, 1.54) is 0 Å². The monoisotopic (exact) mass is 419 g/mol. The van der Waals surface area contributed by atoms with Crippen molar-refractivity contribution >= 4 is 5.69 Å². The van der Waals surface area contributed by atoms with E-state index in [9.17, 15) is 10.4 Å². The number of anilines is 1. The highest BCUT2D eigenvalue weighted by Crippen LogP contribution is 2.38. The van der Waals surface area contributed by atoms with Crippen molar-refractivity contribution in [1.82, 2.24) is 4.90 Å². The summed E-state index contributed by atoms with van der Waals surface area (Å²) in [6, 6.07) is 15.1. The Kier molecular flexibility index (Phi) is 5.71. The molecule has 0 aliphatic carbocycles. The topological polar surface area (TPSA) is 69.0 Å². The number of likely N-dealkylation sites (tertiary alicyclic amines) is 1.